The summed E-state index contributed by atoms with van der Waals surface area (Å²) in [6.07, 6.45) is 4.00. The van der Waals surface area contributed by atoms with E-state index in [1.165, 1.54) is 24.3 Å². The molecule has 3 aromatic carbocycles. The molecule has 1 fully saturated rings. The number of phenolic OH excluding ortho intramolecular Hbond substituents is 1. The third-order valence-corrected chi connectivity index (χ3v) is 7.45. The Morgan fingerprint density at radius 3 is 2.44 bits per heavy atom. The molecule has 5 rings (SSSR count). The minimum atomic E-state index is -1.30. The van der Waals surface area contributed by atoms with Crippen LogP contribution in [0, 0.1) is 18.7 Å². The lowest BCUT2D eigenvalue weighted by Crippen LogP contribution is -2.48. The summed E-state index contributed by atoms with van der Waals surface area (Å²) in [5.74, 6) is -2.34. The maximum atomic E-state index is 14.5. The summed E-state index contributed by atoms with van der Waals surface area (Å²) >= 11 is 6.19. The van der Waals surface area contributed by atoms with Gasteiger partial charge >= 0.3 is 0 Å². The lowest BCUT2D eigenvalue weighted by Gasteiger charge is -2.43. The first kappa shape index (κ1) is 23.8. The van der Waals surface area contributed by atoms with Gasteiger partial charge in [-0.2, -0.15) is 5.01 Å². The van der Waals surface area contributed by atoms with Crippen molar-refractivity contribution in [2.45, 2.75) is 24.7 Å². The van der Waals surface area contributed by atoms with Crippen molar-refractivity contribution in [2.75, 3.05) is 5.43 Å². The van der Waals surface area contributed by atoms with Crippen LogP contribution in [0.3, 0.4) is 0 Å². The number of hydrogen-bond acceptors (Lipinski definition) is 4. The molecule has 7 heteroatoms. The second-order valence-electron chi connectivity index (χ2n) is 9.15. The van der Waals surface area contributed by atoms with Crippen LogP contribution in [0.5, 0.6) is 5.75 Å². The molecule has 0 bridgehead atoms. The molecule has 0 spiro atoms. The predicted octanol–water partition coefficient (Wildman–Crippen LogP) is 6.04. The summed E-state index contributed by atoms with van der Waals surface area (Å²) < 4.78 is 13.5. The summed E-state index contributed by atoms with van der Waals surface area (Å²) in [6.45, 7) is 5.78. The van der Waals surface area contributed by atoms with Crippen LogP contribution in [0.2, 0.25) is 5.02 Å². The van der Waals surface area contributed by atoms with E-state index in [9.17, 15) is 19.1 Å². The molecule has 1 aliphatic heterocycles. The molecule has 2 N–H and O–H groups in total. The van der Waals surface area contributed by atoms with E-state index in [1.54, 1.807) is 49.4 Å². The van der Waals surface area contributed by atoms with E-state index >= 15 is 0 Å². The van der Waals surface area contributed by atoms with Crippen LogP contribution in [0.15, 0.2) is 91.0 Å². The van der Waals surface area contributed by atoms with Crippen LogP contribution < -0.4 is 5.43 Å². The number of halogens is 2. The molecule has 1 heterocycles. The third-order valence-electron chi connectivity index (χ3n) is 7.20. The molecule has 3 unspecified atom stereocenters. The maximum Gasteiger partial charge on any atom is 0.260 e. The number of aromatic hydroxyl groups is 1. The molecule has 182 valence electrons. The lowest BCUT2D eigenvalue weighted by molar-refractivity contribution is -0.138. The fourth-order valence-corrected chi connectivity index (χ4v) is 5.65. The molecule has 0 saturated carbocycles. The fraction of sp³-hybridized carbons (Fsp3) is 0.172. The van der Waals surface area contributed by atoms with E-state index in [0.29, 0.717) is 28.3 Å². The van der Waals surface area contributed by atoms with Crippen LogP contribution in [-0.4, -0.2) is 21.9 Å². The highest BCUT2D eigenvalue weighted by Crippen LogP contribution is 2.57. The van der Waals surface area contributed by atoms with Gasteiger partial charge in [0.15, 0.2) is 0 Å². The normalized spacial score (nSPS) is 23.3. The first-order valence-corrected chi connectivity index (χ1v) is 11.9. The summed E-state index contributed by atoms with van der Waals surface area (Å²) in [6, 6.07) is 17.7. The van der Waals surface area contributed by atoms with Crippen molar-refractivity contribution >= 4 is 29.1 Å². The summed E-state index contributed by atoms with van der Waals surface area (Å²) in [5.41, 5.74) is 4.93. The van der Waals surface area contributed by atoms with Crippen molar-refractivity contribution in [1.82, 2.24) is 5.01 Å². The number of hydrogen-bond donors (Lipinski definition) is 2. The minimum Gasteiger partial charge on any atom is -0.508 e. The van der Waals surface area contributed by atoms with Gasteiger partial charge in [-0.1, -0.05) is 54.6 Å². The Balaban J connectivity index is 1.73. The van der Waals surface area contributed by atoms with Crippen LogP contribution in [0.4, 0.5) is 10.1 Å². The highest BCUT2D eigenvalue weighted by molar-refractivity contribution is 6.30. The van der Waals surface area contributed by atoms with Crippen LogP contribution >= 0.6 is 11.6 Å². The number of benzene rings is 3. The van der Waals surface area contributed by atoms with Gasteiger partial charge in [0.05, 0.1) is 17.0 Å². The number of hydrazine groups is 1. The fourth-order valence-electron chi connectivity index (χ4n) is 5.52. The third kappa shape index (κ3) is 3.60. The minimum absolute atomic E-state index is 0.143. The smallest absolute Gasteiger partial charge is 0.260 e. The van der Waals surface area contributed by atoms with E-state index in [2.05, 4.69) is 12.0 Å². The predicted molar refractivity (Wildman–Crippen MR) is 137 cm³/mol. The molecular weight excluding hydrogens is 479 g/mol. The molecule has 3 aromatic rings. The SMILES string of the molecule is C=CC1=CCC2C(=O)N(Nc3ccc(F)cc3)C(=O)C2(c2ccc(Cl)cc2)C1c1ccc(O)c(C)c1. The van der Waals surface area contributed by atoms with E-state index in [-0.39, 0.29) is 11.7 Å². The number of rotatable bonds is 5. The highest BCUT2D eigenvalue weighted by Gasteiger charge is 2.65. The molecule has 3 atom stereocenters. The topological polar surface area (TPSA) is 69.6 Å². The standard InChI is InChI=1S/C29H24ClFN2O3/c1-3-18-4-14-24-27(35)33(32-23-12-10-22(31)11-13-23)28(36)29(24,20-6-8-21(30)9-7-20)26(18)19-5-15-25(34)17(2)16-19/h3-13,15-16,24,26,32,34H,1,14H2,2H3. The second kappa shape index (κ2) is 8.95. The Hall–Kier alpha value is -3.90. The average Bonchev–Trinajstić information content (AvgIpc) is 3.09. The van der Waals surface area contributed by atoms with Gasteiger partial charge in [-0.3, -0.25) is 15.0 Å². The number of amides is 2. The van der Waals surface area contributed by atoms with Crippen LogP contribution in [-0.2, 0) is 15.0 Å². The maximum absolute atomic E-state index is 14.5. The molecular formula is C29H24ClFN2O3. The largest absolute Gasteiger partial charge is 0.508 e. The molecule has 2 aliphatic rings. The zero-order chi connectivity index (χ0) is 25.6. The van der Waals surface area contributed by atoms with Gasteiger partial charge in [0.25, 0.3) is 11.8 Å². The Bertz CT molecular complexity index is 1400. The zero-order valence-corrected chi connectivity index (χ0v) is 20.3. The van der Waals surface area contributed by atoms with Crippen molar-refractivity contribution in [3.8, 4) is 5.75 Å². The van der Waals surface area contributed by atoms with Crippen molar-refractivity contribution in [3.05, 3.63) is 119 Å². The number of phenols is 1. The molecule has 0 radical (unpaired) electrons. The number of carbonyl (C=O) groups is 2. The summed E-state index contributed by atoms with van der Waals surface area (Å²) in [5, 5.41) is 11.7. The Morgan fingerprint density at radius 2 is 1.81 bits per heavy atom. The number of allylic oxidation sites excluding steroid dienone is 3. The second-order valence-corrected chi connectivity index (χ2v) is 9.59. The summed E-state index contributed by atoms with van der Waals surface area (Å²) in [4.78, 5) is 28.3. The molecule has 0 aromatic heterocycles. The average molecular weight is 503 g/mol. The first-order valence-electron chi connectivity index (χ1n) is 11.6. The van der Waals surface area contributed by atoms with Crippen LogP contribution in [0.1, 0.15) is 29.0 Å². The van der Waals surface area contributed by atoms with E-state index in [1.807, 2.05) is 12.1 Å². The van der Waals surface area contributed by atoms with E-state index < -0.39 is 29.0 Å². The van der Waals surface area contributed by atoms with Gasteiger partial charge in [-0.05, 0) is 78.1 Å². The van der Waals surface area contributed by atoms with Crippen molar-refractivity contribution in [1.29, 1.82) is 0 Å². The monoisotopic (exact) mass is 502 g/mol. The van der Waals surface area contributed by atoms with Gasteiger partial charge in [-0.15, -0.1) is 0 Å². The summed E-state index contributed by atoms with van der Waals surface area (Å²) in [7, 11) is 0. The Labute approximate surface area is 213 Å². The van der Waals surface area contributed by atoms with Crippen LogP contribution in [0.25, 0.3) is 0 Å². The van der Waals surface area contributed by atoms with Crippen molar-refractivity contribution in [3.63, 3.8) is 0 Å². The van der Waals surface area contributed by atoms with Gasteiger partial charge in [0.1, 0.15) is 11.6 Å². The van der Waals surface area contributed by atoms with Gasteiger partial charge < -0.3 is 5.11 Å². The van der Waals surface area contributed by atoms with E-state index in [0.717, 1.165) is 16.1 Å². The number of nitrogens with zero attached hydrogens (tertiary/aromatic N) is 1. The first-order chi connectivity index (χ1) is 17.3. The molecule has 5 nitrogen and oxygen atoms in total. The molecule has 36 heavy (non-hydrogen) atoms. The number of nitrogens with one attached hydrogen (secondary N) is 1. The van der Waals surface area contributed by atoms with Crippen molar-refractivity contribution in [2.24, 2.45) is 5.92 Å². The quantitative estimate of drug-likeness (QED) is 0.417. The number of anilines is 1. The van der Waals surface area contributed by atoms with E-state index in [4.69, 9.17) is 11.6 Å². The van der Waals surface area contributed by atoms with Gasteiger partial charge in [0.2, 0.25) is 0 Å². The van der Waals surface area contributed by atoms with Crippen molar-refractivity contribution < 1.29 is 19.1 Å². The van der Waals surface area contributed by atoms with Gasteiger partial charge in [-0.25, -0.2) is 4.39 Å². The number of carbonyl (C=O) groups excluding carboxylic acids is 2. The lowest BCUT2D eigenvalue weighted by atomic mass is 9.56. The molecule has 1 aliphatic carbocycles. The highest BCUT2D eigenvalue weighted by atomic mass is 35.5. The zero-order valence-electron chi connectivity index (χ0n) is 19.5. The number of imide groups is 1. The Kier molecular flexibility index (Phi) is 5.92. The molecule has 1 saturated heterocycles. The molecule has 2 amide bonds. The number of fused-ring (bicyclic) bond motifs is 1. The van der Waals surface area contributed by atoms with Gasteiger partial charge in [0, 0.05) is 10.9 Å². The Morgan fingerprint density at radius 1 is 1.11 bits per heavy atom. The number of aryl methyl sites for hydroxylation is 1.